The molecule has 0 atom stereocenters. The minimum Gasteiger partial charge on any atom is -0.492 e. The van der Waals surface area contributed by atoms with Gasteiger partial charge in [-0.2, -0.15) is 0 Å². The Morgan fingerprint density at radius 1 is 1.13 bits per heavy atom. The predicted octanol–water partition coefficient (Wildman–Crippen LogP) is 2.14. The highest BCUT2D eigenvalue weighted by atomic mass is 16.5. The highest BCUT2D eigenvalue weighted by Crippen LogP contribution is 2.34. The number of hydrogen-bond acceptors (Lipinski definition) is 4. The molecule has 0 aliphatic carbocycles. The molecule has 0 radical (unpaired) electrons. The molecule has 5 nitrogen and oxygen atoms in total. The first-order valence-corrected chi connectivity index (χ1v) is 8.40. The van der Waals surface area contributed by atoms with E-state index in [1.54, 1.807) is 0 Å². The second kappa shape index (κ2) is 7.68. The molecule has 128 valence electrons. The number of anilines is 1. The highest BCUT2D eigenvalue weighted by Gasteiger charge is 2.17. The number of carbonyl (C=O) groups excluding carboxylic acids is 1. The first-order valence-electron chi connectivity index (χ1n) is 8.40. The molecule has 2 rings (SSSR count). The van der Waals surface area contributed by atoms with Gasteiger partial charge in [0, 0.05) is 17.3 Å². The van der Waals surface area contributed by atoms with Crippen molar-refractivity contribution in [1.29, 1.82) is 0 Å². The number of hydrogen-bond donors (Lipinski definition) is 3. The molecule has 1 aliphatic rings. The topological polar surface area (TPSA) is 76.4 Å². The maximum absolute atomic E-state index is 12.0. The van der Waals surface area contributed by atoms with Crippen LogP contribution in [0.5, 0.6) is 5.75 Å². The summed E-state index contributed by atoms with van der Waals surface area (Å²) in [7, 11) is 0. The molecule has 5 heteroatoms. The third kappa shape index (κ3) is 4.16. The van der Waals surface area contributed by atoms with Crippen LogP contribution in [0.4, 0.5) is 5.69 Å². The molecule has 0 spiro atoms. The van der Waals surface area contributed by atoms with Crippen LogP contribution in [0.1, 0.15) is 41.5 Å². The van der Waals surface area contributed by atoms with Crippen LogP contribution in [0.15, 0.2) is 0 Å². The third-order valence-corrected chi connectivity index (χ3v) is 4.89. The molecule has 0 unspecified atom stereocenters. The van der Waals surface area contributed by atoms with Gasteiger partial charge in [-0.05, 0) is 70.3 Å². The minimum absolute atomic E-state index is 0.0593. The van der Waals surface area contributed by atoms with Gasteiger partial charge in [0.15, 0.2) is 0 Å². The predicted molar refractivity (Wildman–Crippen MR) is 93.9 cm³/mol. The van der Waals surface area contributed by atoms with Gasteiger partial charge in [0.1, 0.15) is 5.75 Å². The number of carbonyl (C=O) groups is 1. The summed E-state index contributed by atoms with van der Waals surface area (Å²) in [5, 5.41) is 6.37. The fourth-order valence-corrected chi connectivity index (χ4v) is 3.07. The van der Waals surface area contributed by atoms with Crippen LogP contribution in [0.25, 0.3) is 0 Å². The summed E-state index contributed by atoms with van der Waals surface area (Å²) >= 11 is 0. The Hall–Kier alpha value is -1.75. The molecule has 1 aliphatic heterocycles. The van der Waals surface area contributed by atoms with Crippen molar-refractivity contribution in [2.75, 3.05) is 25.4 Å². The van der Waals surface area contributed by atoms with Crippen molar-refractivity contribution in [3.63, 3.8) is 0 Å². The van der Waals surface area contributed by atoms with Gasteiger partial charge in [0.2, 0.25) is 5.91 Å². The number of amides is 1. The number of nitrogens with one attached hydrogen (secondary N) is 2. The van der Waals surface area contributed by atoms with E-state index in [0.29, 0.717) is 19.1 Å². The molecular formula is C18H29N3O2. The molecule has 1 aromatic carbocycles. The molecule has 0 aromatic heterocycles. The summed E-state index contributed by atoms with van der Waals surface area (Å²) in [4.78, 5) is 12.0. The van der Waals surface area contributed by atoms with Gasteiger partial charge in [-0.1, -0.05) is 0 Å². The fourth-order valence-electron chi connectivity index (χ4n) is 3.07. The molecule has 1 fully saturated rings. The first-order chi connectivity index (χ1) is 10.9. The molecule has 1 amide bonds. The maximum Gasteiger partial charge on any atom is 0.223 e. The largest absolute Gasteiger partial charge is 0.492 e. The Morgan fingerprint density at radius 2 is 1.78 bits per heavy atom. The van der Waals surface area contributed by atoms with Crippen LogP contribution in [0.2, 0.25) is 0 Å². The van der Waals surface area contributed by atoms with Gasteiger partial charge in [-0.3, -0.25) is 4.79 Å². The number of nitrogen functional groups attached to an aromatic ring is 1. The summed E-state index contributed by atoms with van der Waals surface area (Å²) in [6.45, 7) is 10.4. The van der Waals surface area contributed by atoms with Crippen molar-refractivity contribution >= 4 is 11.6 Å². The lowest BCUT2D eigenvalue weighted by atomic mass is 9.97. The van der Waals surface area contributed by atoms with E-state index in [9.17, 15) is 4.79 Å². The second-order valence-corrected chi connectivity index (χ2v) is 6.43. The van der Waals surface area contributed by atoms with E-state index in [2.05, 4.69) is 17.6 Å². The van der Waals surface area contributed by atoms with Crippen molar-refractivity contribution in [2.24, 2.45) is 0 Å². The summed E-state index contributed by atoms with van der Waals surface area (Å²) in [6.07, 6.45) is 2.37. The van der Waals surface area contributed by atoms with E-state index in [1.165, 1.54) is 0 Å². The Morgan fingerprint density at radius 3 is 2.43 bits per heavy atom. The zero-order valence-corrected chi connectivity index (χ0v) is 14.7. The summed E-state index contributed by atoms with van der Waals surface area (Å²) in [5.74, 6) is 0.879. The molecule has 1 heterocycles. The molecule has 0 bridgehead atoms. The van der Waals surface area contributed by atoms with Crippen molar-refractivity contribution in [3.8, 4) is 5.75 Å². The molecule has 23 heavy (non-hydrogen) atoms. The number of nitrogens with two attached hydrogens (primary N) is 1. The van der Waals surface area contributed by atoms with Gasteiger partial charge in [-0.25, -0.2) is 0 Å². The van der Waals surface area contributed by atoms with E-state index in [0.717, 1.165) is 59.6 Å². The molecule has 1 saturated heterocycles. The van der Waals surface area contributed by atoms with Crippen molar-refractivity contribution in [2.45, 2.75) is 53.0 Å². The van der Waals surface area contributed by atoms with Crippen LogP contribution in [-0.2, 0) is 4.79 Å². The summed E-state index contributed by atoms with van der Waals surface area (Å²) < 4.78 is 5.89. The Kier molecular flexibility index (Phi) is 5.88. The van der Waals surface area contributed by atoms with Gasteiger partial charge >= 0.3 is 0 Å². The monoisotopic (exact) mass is 319 g/mol. The zero-order chi connectivity index (χ0) is 17.0. The zero-order valence-electron chi connectivity index (χ0n) is 14.7. The second-order valence-electron chi connectivity index (χ2n) is 6.43. The lowest BCUT2D eigenvalue weighted by molar-refractivity contribution is -0.122. The van der Waals surface area contributed by atoms with Gasteiger partial charge in [0.05, 0.1) is 13.0 Å². The SMILES string of the molecule is Cc1c(C)c(N)c(C)c(OCCC(=O)NC2CCNCC2)c1C. The van der Waals surface area contributed by atoms with Gasteiger partial charge in [0.25, 0.3) is 0 Å². The van der Waals surface area contributed by atoms with Gasteiger partial charge in [-0.15, -0.1) is 0 Å². The molecule has 4 N–H and O–H groups in total. The summed E-state index contributed by atoms with van der Waals surface area (Å²) in [6, 6.07) is 0.296. The average molecular weight is 319 g/mol. The van der Waals surface area contributed by atoms with E-state index in [1.807, 2.05) is 20.8 Å². The van der Waals surface area contributed by atoms with Crippen molar-refractivity contribution < 1.29 is 9.53 Å². The van der Waals surface area contributed by atoms with Gasteiger partial charge < -0.3 is 21.1 Å². The van der Waals surface area contributed by atoms with Crippen LogP contribution in [0.3, 0.4) is 0 Å². The quantitative estimate of drug-likeness (QED) is 0.727. The van der Waals surface area contributed by atoms with Crippen LogP contribution < -0.4 is 21.1 Å². The van der Waals surface area contributed by atoms with E-state index < -0.39 is 0 Å². The van der Waals surface area contributed by atoms with Crippen LogP contribution in [-0.4, -0.2) is 31.6 Å². The van der Waals surface area contributed by atoms with Crippen LogP contribution >= 0.6 is 0 Å². The average Bonchev–Trinajstić information content (AvgIpc) is 2.55. The first kappa shape index (κ1) is 17.6. The third-order valence-electron chi connectivity index (χ3n) is 4.89. The van der Waals surface area contributed by atoms with E-state index >= 15 is 0 Å². The minimum atomic E-state index is 0.0593. The number of rotatable bonds is 5. The van der Waals surface area contributed by atoms with E-state index in [-0.39, 0.29) is 5.91 Å². The molecule has 0 saturated carbocycles. The Bertz CT molecular complexity index is 549. The number of benzene rings is 1. The lowest BCUT2D eigenvalue weighted by Crippen LogP contribution is -2.43. The number of piperidine rings is 1. The number of ether oxygens (including phenoxy) is 1. The Balaban J connectivity index is 1.90. The highest BCUT2D eigenvalue weighted by molar-refractivity contribution is 5.76. The summed E-state index contributed by atoms with van der Waals surface area (Å²) in [5.41, 5.74) is 11.3. The van der Waals surface area contributed by atoms with Crippen LogP contribution in [0, 0.1) is 27.7 Å². The van der Waals surface area contributed by atoms with Crippen molar-refractivity contribution in [3.05, 3.63) is 22.3 Å². The normalized spacial score (nSPS) is 15.5. The Labute approximate surface area is 139 Å². The standard InChI is InChI=1S/C18H29N3O2/c1-11-12(2)17(19)14(4)18(13(11)3)23-10-7-16(22)21-15-5-8-20-9-6-15/h15,20H,5-10,19H2,1-4H3,(H,21,22). The smallest absolute Gasteiger partial charge is 0.223 e. The lowest BCUT2D eigenvalue weighted by Gasteiger charge is -2.24. The molecular weight excluding hydrogens is 290 g/mol. The maximum atomic E-state index is 12.0. The molecule has 1 aromatic rings. The fraction of sp³-hybridized carbons (Fsp3) is 0.611. The van der Waals surface area contributed by atoms with Crippen molar-refractivity contribution in [1.82, 2.24) is 10.6 Å². The van der Waals surface area contributed by atoms with E-state index in [4.69, 9.17) is 10.5 Å².